The molecule has 31 heavy (non-hydrogen) atoms. The smallest absolute Gasteiger partial charge is 0.217 e. The van der Waals surface area contributed by atoms with Crippen LogP contribution in [0, 0.1) is 5.92 Å². The molecule has 0 spiro atoms. The van der Waals surface area contributed by atoms with Gasteiger partial charge in [0.1, 0.15) is 5.75 Å². The van der Waals surface area contributed by atoms with Crippen molar-refractivity contribution < 1.29 is 9.53 Å². The van der Waals surface area contributed by atoms with Crippen LogP contribution in [0.25, 0.3) is 10.8 Å². The fraction of sp³-hybridized carbons (Fsp3) is 0.370. The maximum atomic E-state index is 11.9. The van der Waals surface area contributed by atoms with Crippen LogP contribution < -0.4 is 10.1 Å². The molecule has 162 valence electrons. The zero-order chi connectivity index (χ0) is 21.6. The van der Waals surface area contributed by atoms with Gasteiger partial charge in [0, 0.05) is 19.5 Å². The van der Waals surface area contributed by atoms with E-state index < -0.39 is 0 Å². The van der Waals surface area contributed by atoms with E-state index in [1.807, 2.05) is 12.1 Å². The Morgan fingerprint density at radius 3 is 2.35 bits per heavy atom. The summed E-state index contributed by atoms with van der Waals surface area (Å²) >= 11 is 0. The Balaban J connectivity index is 1.38. The standard InChI is InChI=1S/C27H32N2O2/c1-20(30)28-27(18-22-7-10-23-5-3-4-6-25(23)17-22)24-13-15-29(16-14-24)19-21-8-11-26(31-2)12-9-21/h3-12,17,24,27H,13-16,18-19H2,1-2H3,(H,28,30). The van der Waals surface area contributed by atoms with Gasteiger partial charge in [0.2, 0.25) is 5.91 Å². The largest absolute Gasteiger partial charge is 0.497 e. The number of likely N-dealkylation sites (tertiary alicyclic amines) is 1. The van der Waals surface area contributed by atoms with Crippen LogP contribution in [0.3, 0.4) is 0 Å². The third-order valence-electron chi connectivity index (χ3n) is 6.42. The number of ether oxygens (including phenoxy) is 1. The molecule has 1 heterocycles. The molecule has 1 aliphatic rings. The first-order chi connectivity index (χ1) is 15.1. The van der Waals surface area contributed by atoms with Crippen LogP contribution >= 0.6 is 0 Å². The maximum Gasteiger partial charge on any atom is 0.217 e. The molecule has 1 fully saturated rings. The van der Waals surface area contributed by atoms with E-state index in [2.05, 4.69) is 64.8 Å². The van der Waals surface area contributed by atoms with E-state index in [4.69, 9.17) is 4.74 Å². The van der Waals surface area contributed by atoms with Crippen molar-refractivity contribution in [2.75, 3.05) is 20.2 Å². The molecule has 1 unspecified atom stereocenters. The highest BCUT2D eigenvalue weighted by Gasteiger charge is 2.27. The molecular formula is C27H32N2O2. The monoisotopic (exact) mass is 416 g/mol. The number of methoxy groups -OCH3 is 1. The number of hydrogen-bond donors (Lipinski definition) is 1. The molecule has 1 amide bonds. The number of benzene rings is 3. The van der Waals surface area contributed by atoms with Crippen LogP contribution in [0.2, 0.25) is 0 Å². The van der Waals surface area contributed by atoms with Crippen LogP contribution in [0.15, 0.2) is 66.7 Å². The van der Waals surface area contributed by atoms with Gasteiger partial charge in [-0.2, -0.15) is 0 Å². The molecule has 3 aromatic carbocycles. The van der Waals surface area contributed by atoms with Crippen molar-refractivity contribution >= 4 is 16.7 Å². The summed E-state index contributed by atoms with van der Waals surface area (Å²) in [6, 6.07) is 23.6. The van der Waals surface area contributed by atoms with Crippen LogP contribution in [0.4, 0.5) is 0 Å². The molecule has 0 saturated carbocycles. The predicted octanol–water partition coefficient (Wildman–Crippen LogP) is 4.81. The van der Waals surface area contributed by atoms with Crippen LogP contribution in [-0.2, 0) is 17.8 Å². The van der Waals surface area contributed by atoms with Crippen molar-refractivity contribution in [3.05, 3.63) is 77.9 Å². The quantitative estimate of drug-likeness (QED) is 0.601. The number of rotatable bonds is 7. The van der Waals surface area contributed by atoms with Crippen LogP contribution in [-0.4, -0.2) is 37.0 Å². The van der Waals surface area contributed by atoms with E-state index >= 15 is 0 Å². The summed E-state index contributed by atoms with van der Waals surface area (Å²) < 4.78 is 5.26. The molecular weight excluding hydrogens is 384 g/mol. The Kier molecular flexibility index (Phi) is 6.88. The first kappa shape index (κ1) is 21.4. The molecule has 4 nitrogen and oxygen atoms in total. The lowest BCUT2D eigenvalue weighted by molar-refractivity contribution is -0.120. The fourth-order valence-electron chi connectivity index (χ4n) is 4.72. The van der Waals surface area contributed by atoms with Crippen LogP contribution in [0.5, 0.6) is 5.75 Å². The van der Waals surface area contributed by atoms with Crippen LogP contribution in [0.1, 0.15) is 30.9 Å². The zero-order valence-corrected chi connectivity index (χ0v) is 18.5. The molecule has 1 aliphatic heterocycles. The van der Waals surface area contributed by atoms with E-state index in [0.717, 1.165) is 44.6 Å². The minimum absolute atomic E-state index is 0.0615. The first-order valence-electron chi connectivity index (χ1n) is 11.2. The van der Waals surface area contributed by atoms with Crippen molar-refractivity contribution in [2.24, 2.45) is 5.92 Å². The van der Waals surface area contributed by atoms with E-state index in [1.165, 1.54) is 21.9 Å². The number of fused-ring (bicyclic) bond motifs is 1. The first-order valence-corrected chi connectivity index (χ1v) is 11.2. The average molecular weight is 417 g/mol. The summed E-state index contributed by atoms with van der Waals surface area (Å²) in [5.74, 6) is 1.46. The molecule has 0 bridgehead atoms. The molecule has 4 heteroatoms. The van der Waals surface area contributed by atoms with E-state index in [9.17, 15) is 4.79 Å². The van der Waals surface area contributed by atoms with Crippen molar-refractivity contribution in [1.82, 2.24) is 10.2 Å². The summed E-state index contributed by atoms with van der Waals surface area (Å²) in [7, 11) is 1.70. The molecule has 1 saturated heterocycles. The zero-order valence-electron chi connectivity index (χ0n) is 18.5. The normalized spacial score (nSPS) is 16.2. The van der Waals surface area contributed by atoms with Gasteiger partial charge in [-0.3, -0.25) is 9.69 Å². The van der Waals surface area contributed by atoms with Crippen molar-refractivity contribution in [3.63, 3.8) is 0 Å². The number of amides is 1. The number of piperidine rings is 1. The van der Waals surface area contributed by atoms with E-state index in [0.29, 0.717) is 5.92 Å². The molecule has 3 aromatic rings. The van der Waals surface area contributed by atoms with Crippen molar-refractivity contribution in [2.45, 2.75) is 38.8 Å². The average Bonchev–Trinajstić information content (AvgIpc) is 2.79. The molecule has 0 aliphatic carbocycles. The Bertz CT molecular complexity index is 1010. The minimum atomic E-state index is 0.0615. The van der Waals surface area contributed by atoms with Gasteiger partial charge in [0.15, 0.2) is 0 Å². The molecule has 1 N–H and O–H groups in total. The topological polar surface area (TPSA) is 41.6 Å². The van der Waals surface area contributed by atoms with Gasteiger partial charge in [-0.25, -0.2) is 0 Å². The van der Waals surface area contributed by atoms with Gasteiger partial charge in [0.25, 0.3) is 0 Å². The Labute approximate surface area is 185 Å². The Morgan fingerprint density at radius 1 is 1.00 bits per heavy atom. The molecule has 4 rings (SSSR count). The summed E-state index contributed by atoms with van der Waals surface area (Å²) in [5.41, 5.74) is 2.60. The number of nitrogens with one attached hydrogen (secondary N) is 1. The molecule has 0 radical (unpaired) electrons. The molecule has 0 aromatic heterocycles. The number of nitrogens with zero attached hydrogens (tertiary/aromatic N) is 1. The second-order valence-corrected chi connectivity index (χ2v) is 8.65. The lowest BCUT2D eigenvalue weighted by Crippen LogP contribution is -2.45. The van der Waals surface area contributed by atoms with Crippen molar-refractivity contribution in [1.29, 1.82) is 0 Å². The second kappa shape index (κ2) is 9.97. The predicted molar refractivity (Wildman–Crippen MR) is 126 cm³/mol. The lowest BCUT2D eigenvalue weighted by atomic mass is 9.85. The van der Waals surface area contributed by atoms with E-state index in [-0.39, 0.29) is 11.9 Å². The second-order valence-electron chi connectivity index (χ2n) is 8.65. The highest BCUT2D eigenvalue weighted by atomic mass is 16.5. The highest BCUT2D eigenvalue weighted by molar-refractivity contribution is 5.83. The summed E-state index contributed by atoms with van der Waals surface area (Å²) in [6.45, 7) is 4.72. The fourth-order valence-corrected chi connectivity index (χ4v) is 4.72. The van der Waals surface area contributed by atoms with Gasteiger partial charge < -0.3 is 10.1 Å². The van der Waals surface area contributed by atoms with Gasteiger partial charge in [-0.1, -0.05) is 54.6 Å². The minimum Gasteiger partial charge on any atom is -0.497 e. The maximum absolute atomic E-state index is 11.9. The van der Waals surface area contributed by atoms with Gasteiger partial charge in [-0.05, 0) is 72.3 Å². The number of hydrogen-bond acceptors (Lipinski definition) is 3. The molecule has 1 atom stereocenters. The lowest BCUT2D eigenvalue weighted by Gasteiger charge is -2.36. The number of carbonyl (C=O) groups is 1. The summed E-state index contributed by atoms with van der Waals surface area (Å²) in [6.07, 6.45) is 3.09. The van der Waals surface area contributed by atoms with Crippen molar-refractivity contribution in [3.8, 4) is 5.75 Å². The Morgan fingerprint density at radius 2 is 1.68 bits per heavy atom. The third kappa shape index (κ3) is 5.65. The summed E-state index contributed by atoms with van der Waals surface area (Å²) in [5, 5.41) is 5.77. The SMILES string of the molecule is COc1ccc(CN2CCC(C(Cc3ccc4ccccc4c3)NC(C)=O)CC2)cc1. The van der Waals surface area contributed by atoms with Gasteiger partial charge in [0.05, 0.1) is 7.11 Å². The van der Waals surface area contributed by atoms with Gasteiger partial charge >= 0.3 is 0 Å². The highest BCUT2D eigenvalue weighted by Crippen LogP contribution is 2.26. The number of carbonyl (C=O) groups excluding carboxylic acids is 1. The third-order valence-corrected chi connectivity index (χ3v) is 6.42. The van der Waals surface area contributed by atoms with E-state index in [1.54, 1.807) is 14.0 Å². The Hall–Kier alpha value is -2.85. The van der Waals surface area contributed by atoms with Gasteiger partial charge in [-0.15, -0.1) is 0 Å². The summed E-state index contributed by atoms with van der Waals surface area (Å²) in [4.78, 5) is 14.4.